The Kier molecular flexibility index (Phi) is 8.09. The van der Waals surface area contributed by atoms with Gasteiger partial charge < -0.3 is 23.6 Å². The molecule has 0 bridgehead atoms. The number of furan rings is 1. The third-order valence-electron chi connectivity index (χ3n) is 5.22. The first-order valence-corrected chi connectivity index (χ1v) is 12.8. The van der Waals surface area contributed by atoms with E-state index >= 15 is 0 Å². The standard InChI is InChI=1S/C27H25FN2O6S/c1-2-34-26-11-4-3-10-25(26)29-27(31)30(19-23-9-6-16-35-23)18-20-7-5-8-22(17-20)36-37(32,33)24-14-12-21(28)13-15-24/h3-17H,2,18-19H2,1H3,(H,29,31). The number of carbonyl (C=O) groups excluding carboxylic acids is 1. The number of nitrogens with one attached hydrogen (secondary N) is 1. The Bertz CT molecular complexity index is 1440. The number of anilines is 1. The van der Waals surface area contributed by atoms with Gasteiger partial charge in [0.1, 0.15) is 28.0 Å². The molecule has 1 N–H and O–H groups in total. The van der Waals surface area contributed by atoms with Crippen molar-refractivity contribution in [3.8, 4) is 11.5 Å². The SMILES string of the molecule is CCOc1ccccc1NC(=O)N(Cc1cccc(OS(=O)(=O)c2ccc(F)cc2)c1)Cc1ccco1. The fourth-order valence-corrected chi connectivity index (χ4v) is 4.45. The average Bonchev–Trinajstić information content (AvgIpc) is 3.38. The Balaban J connectivity index is 1.54. The third-order valence-corrected chi connectivity index (χ3v) is 6.48. The zero-order chi connectivity index (χ0) is 26.3. The van der Waals surface area contributed by atoms with Gasteiger partial charge in [0.2, 0.25) is 0 Å². The predicted octanol–water partition coefficient (Wildman–Crippen LogP) is 5.82. The lowest BCUT2D eigenvalue weighted by atomic mass is 10.2. The van der Waals surface area contributed by atoms with Crippen LogP contribution < -0.4 is 14.2 Å². The van der Waals surface area contributed by atoms with Crippen molar-refractivity contribution >= 4 is 21.8 Å². The van der Waals surface area contributed by atoms with Crippen molar-refractivity contribution in [1.82, 2.24) is 4.90 Å². The Morgan fingerprint density at radius 1 is 0.973 bits per heavy atom. The molecule has 0 atom stereocenters. The van der Waals surface area contributed by atoms with Gasteiger partial charge in [0.25, 0.3) is 0 Å². The second kappa shape index (κ2) is 11.6. The van der Waals surface area contributed by atoms with E-state index in [1.807, 2.05) is 13.0 Å². The smallest absolute Gasteiger partial charge is 0.339 e. The summed E-state index contributed by atoms with van der Waals surface area (Å²) in [6.45, 7) is 2.58. The Morgan fingerprint density at radius 2 is 1.76 bits per heavy atom. The van der Waals surface area contributed by atoms with Gasteiger partial charge >= 0.3 is 16.1 Å². The topological polar surface area (TPSA) is 98.1 Å². The minimum Gasteiger partial charge on any atom is -0.492 e. The van der Waals surface area contributed by atoms with Gasteiger partial charge in [-0.2, -0.15) is 8.42 Å². The maximum Gasteiger partial charge on any atom is 0.339 e. The molecule has 3 aromatic carbocycles. The zero-order valence-corrected chi connectivity index (χ0v) is 20.8. The van der Waals surface area contributed by atoms with E-state index < -0.39 is 22.0 Å². The first-order valence-electron chi connectivity index (χ1n) is 11.4. The summed E-state index contributed by atoms with van der Waals surface area (Å²) in [5.74, 6) is 0.610. The predicted molar refractivity (Wildman–Crippen MR) is 135 cm³/mol. The molecule has 4 rings (SSSR count). The minimum atomic E-state index is -4.17. The number of urea groups is 1. The molecule has 0 aliphatic heterocycles. The second-order valence-corrected chi connectivity index (χ2v) is 9.48. The lowest BCUT2D eigenvalue weighted by Gasteiger charge is -2.23. The van der Waals surface area contributed by atoms with Crippen molar-refractivity contribution in [3.05, 3.63) is 108 Å². The minimum absolute atomic E-state index is 0.0573. The molecule has 1 heterocycles. The first kappa shape index (κ1) is 25.8. The van der Waals surface area contributed by atoms with Crippen LogP contribution in [0, 0.1) is 5.82 Å². The van der Waals surface area contributed by atoms with Crippen molar-refractivity contribution in [2.75, 3.05) is 11.9 Å². The van der Waals surface area contributed by atoms with Crippen molar-refractivity contribution in [1.29, 1.82) is 0 Å². The van der Waals surface area contributed by atoms with E-state index in [4.69, 9.17) is 13.3 Å². The van der Waals surface area contributed by atoms with Gasteiger partial charge in [-0.05, 0) is 73.2 Å². The van der Waals surface area contributed by atoms with E-state index in [1.165, 1.54) is 23.3 Å². The quantitative estimate of drug-likeness (QED) is 0.263. The lowest BCUT2D eigenvalue weighted by molar-refractivity contribution is 0.201. The van der Waals surface area contributed by atoms with Crippen LogP contribution in [0.1, 0.15) is 18.2 Å². The van der Waals surface area contributed by atoms with Crippen molar-refractivity contribution < 1.29 is 30.9 Å². The summed E-state index contributed by atoms with van der Waals surface area (Å²) < 4.78 is 54.7. The van der Waals surface area contributed by atoms with Crippen molar-refractivity contribution in [2.24, 2.45) is 0 Å². The highest BCUT2D eigenvalue weighted by Gasteiger charge is 2.20. The average molecular weight is 525 g/mol. The number of hydrogen-bond acceptors (Lipinski definition) is 6. The number of benzene rings is 3. The van der Waals surface area contributed by atoms with E-state index in [2.05, 4.69) is 5.32 Å². The molecule has 10 heteroatoms. The van der Waals surface area contributed by atoms with Crippen LogP contribution in [-0.2, 0) is 23.2 Å². The summed E-state index contributed by atoms with van der Waals surface area (Å²) in [7, 11) is -4.17. The van der Waals surface area contributed by atoms with Gasteiger partial charge in [0.05, 0.1) is 25.1 Å². The normalized spacial score (nSPS) is 11.1. The maximum atomic E-state index is 13.3. The number of ether oxygens (including phenoxy) is 1. The number of nitrogens with zero attached hydrogens (tertiary/aromatic N) is 1. The molecule has 8 nitrogen and oxygen atoms in total. The molecule has 0 spiro atoms. The summed E-state index contributed by atoms with van der Waals surface area (Å²) in [6, 6.07) is 20.9. The van der Waals surface area contributed by atoms with Crippen LogP contribution in [0.25, 0.3) is 0 Å². The molecule has 0 unspecified atom stereocenters. The monoisotopic (exact) mass is 524 g/mol. The van der Waals surface area contributed by atoms with Crippen LogP contribution >= 0.6 is 0 Å². The molecule has 0 saturated heterocycles. The highest BCUT2D eigenvalue weighted by atomic mass is 32.2. The molecule has 0 fully saturated rings. The highest BCUT2D eigenvalue weighted by molar-refractivity contribution is 7.87. The number of halogens is 1. The van der Waals surface area contributed by atoms with E-state index in [-0.39, 0.29) is 23.7 Å². The third kappa shape index (κ3) is 6.89. The Morgan fingerprint density at radius 3 is 2.49 bits per heavy atom. The first-order chi connectivity index (χ1) is 17.8. The van der Waals surface area contributed by atoms with Gasteiger partial charge in [-0.3, -0.25) is 0 Å². The largest absolute Gasteiger partial charge is 0.492 e. The highest BCUT2D eigenvalue weighted by Crippen LogP contribution is 2.25. The van der Waals surface area contributed by atoms with E-state index in [0.29, 0.717) is 29.4 Å². The summed E-state index contributed by atoms with van der Waals surface area (Å²) >= 11 is 0. The number of para-hydroxylation sites is 2. The van der Waals surface area contributed by atoms with Gasteiger partial charge in [0, 0.05) is 6.54 Å². The number of amides is 2. The van der Waals surface area contributed by atoms with Crippen LogP contribution in [0.2, 0.25) is 0 Å². The summed E-state index contributed by atoms with van der Waals surface area (Å²) in [5.41, 5.74) is 1.13. The molecule has 4 aromatic rings. The van der Waals surface area contributed by atoms with Gasteiger partial charge in [-0.25, -0.2) is 9.18 Å². The number of hydrogen-bond donors (Lipinski definition) is 1. The van der Waals surface area contributed by atoms with Gasteiger partial charge in [-0.15, -0.1) is 0 Å². The van der Waals surface area contributed by atoms with Gasteiger partial charge in [0.15, 0.2) is 0 Å². The summed E-state index contributed by atoms with van der Waals surface area (Å²) in [4.78, 5) is 14.6. The fraction of sp³-hybridized carbons (Fsp3) is 0.148. The summed E-state index contributed by atoms with van der Waals surface area (Å²) in [6.07, 6.45) is 1.52. The fourth-order valence-electron chi connectivity index (χ4n) is 3.53. The maximum absolute atomic E-state index is 13.3. The molecule has 37 heavy (non-hydrogen) atoms. The Labute approximate surface area is 214 Å². The van der Waals surface area contributed by atoms with Crippen LogP contribution in [0.5, 0.6) is 11.5 Å². The van der Waals surface area contributed by atoms with E-state index in [0.717, 1.165) is 24.3 Å². The molecule has 0 radical (unpaired) electrons. The molecule has 0 aliphatic rings. The van der Waals surface area contributed by atoms with Gasteiger partial charge in [-0.1, -0.05) is 24.3 Å². The zero-order valence-electron chi connectivity index (χ0n) is 20.0. The van der Waals surface area contributed by atoms with Crippen LogP contribution in [-0.4, -0.2) is 26.0 Å². The molecule has 0 aliphatic carbocycles. The van der Waals surface area contributed by atoms with Crippen LogP contribution in [0.4, 0.5) is 14.9 Å². The summed E-state index contributed by atoms with van der Waals surface area (Å²) in [5, 5.41) is 2.87. The second-order valence-electron chi connectivity index (χ2n) is 7.93. The molecular formula is C27H25FN2O6S. The number of carbonyl (C=O) groups is 1. The molecule has 1 aromatic heterocycles. The lowest BCUT2D eigenvalue weighted by Crippen LogP contribution is -2.34. The van der Waals surface area contributed by atoms with Crippen LogP contribution in [0.15, 0.2) is 101 Å². The molecular weight excluding hydrogens is 499 g/mol. The van der Waals surface area contributed by atoms with Crippen molar-refractivity contribution in [3.63, 3.8) is 0 Å². The van der Waals surface area contributed by atoms with E-state index in [1.54, 1.807) is 42.5 Å². The van der Waals surface area contributed by atoms with E-state index in [9.17, 15) is 17.6 Å². The molecule has 0 saturated carbocycles. The van der Waals surface area contributed by atoms with Crippen molar-refractivity contribution in [2.45, 2.75) is 24.9 Å². The number of rotatable bonds is 10. The van der Waals surface area contributed by atoms with Crippen LogP contribution in [0.3, 0.4) is 0 Å². The molecule has 2 amide bonds. The Hall–Kier alpha value is -4.31. The molecule has 192 valence electrons.